The maximum absolute atomic E-state index is 5.20. The van der Waals surface area contributed by atoms with Crippen molar-refractivity contribution in [1.82, 2.24) is 4.98 Å². The second-order valence-corrected chi connectivity index (χ2v) is 12.5. The number of aromatic nitrogens is 1. The lowest BCUT2D eigenvalue weighted by Crippen LogP contribution is -2.16. The fourth-order valence-electron chi connectivity index (χ4n) is 4.38. The lowest BCUT2D eigenvalue weighted by atomic mass is 9.82. The third-order valence-corrected chi connectivity index (χ3v) is 5.56. The van der Waals surface area contributed by atoms with E-state index >= 15 is 0 Å². The van der Waals surface area contributed by atoms with E-state index in [2.05, 4.69) is 107 Å². The first kappa shape index (κ1) is 27.1. The van der Waals surface area contributed by atoms with E-state index in [4.69, 9.17) is 9.98 Å². The number of anilines is 1. The largest absolute Gasteiger partial charge is 0.368 e. The van der Waals surface area contributed by atoms with Crippen LogP contribution in [0.3, 0.4) is 0 Å². The molecule has 1 N–H and O–H groups in total. The smallest absolute Gasteiger partial charge is 0.132 e. The molecule has 0 aliphatic carbocycles. The quantitative estimate of drug-likeness (QED) is 0.489. The molecule has 1 aromatic rings. The maximum Gasteiger partial charge on any atom is 0.132 e. The van der Waals surface area contributed by atoms with Gasteiger partial charge in [-0.3, -0.25) is 4.99 Å². The van der Waals surface area contributed by atoms with Crippen LogP contribution in [0.25, 0.3) is 5.57 Å². The molecule has 3 nitrogen and oxygen atoms in total. The standard InChI is InChI=1S/C30H47N3/c1-19(2)13-21(5)25-14-23-15-27(24(16-29(7,8)9)17-30(10,11)12)33-28(32-20(3)4)26(23)18-31-22(25)6/h13,15-16,20H,14,17-18H2,1-12H3,(H,32,33)/b24-16+,25-21-. The summed E-state index contributed by atoms with van der Waals surface area (Å²) in [4.78, 5) is 10.2. The number of pyridine rings is 1. The minimum atomic E-state index is 0.0888. The summed E-state index contributed by atoms with van der Waals surface area (Å²) in [6, 6.07) is 2.65. The summed E-state index contributed by atoms with van der Waals surface area (Å²) in [6.45, 7) is 27.4. The van der Waals surface area contributed by atoms with E-state index in [-0.39, 0.29) is 10.8 Å². The minimum absolute atomic E-state index is 0.0888. The fraction of sp³-hybridized carbons (Fsp3) is 0.600. The predicted octanol–water partition coefficient (Wildman–Crippen LogP) is 8.57. The molecule has 2 rings (SSSR count). The molecule has 182 valence electrons. The summed E-state index contributed by atoms with van der Waals surface area (Å²) >= 11 is 0. The molecule has 1 aliphatic heterocycles. The Morgan fingerprint density at radius 3 is 2.24 bits per heavy atom. The van der Waals surface area contributed by atoms with Gasteiger partial charge in [-0.25, -0.2) is 4.98 Å². The highest BCUT2D eigenvalue weighted by Gasteiger charge is 2.23. The van der Waals surface area contributed by atoms with Gasteiger partial charge in [0, 0.05) is 23.7 Å². The van der Waals surface area contributed by atoms with Crippen molar-refractivity contribution in [2.75, 3.05) is 5.32 Å². The number of hydrogen-bond donors (Lipinski definition) is 1. The van der Waals surface area contributed by atoms with Crippen LogP contribution in [0.15, 0.2) is 39.9 Å². The van der Waals surface area contributed by atoms with Crippen LogP contribution in [-0.2, 0) is 13.0 Å². The molecule has 0 radical (unpaired) electrons. The van der Waals surface area contributed by atoms with Crippen LogP contribution in [0, 0.1) is 10.8 Å². The van der Waals surface area contributed by atoms with E-state index in [1.807, 2.05) is 0 Å². The van der Waals surface area contributed by atoms with Gasteiger partial charge in [0.05, 0.1) is 12.2 Å². The highest BCUT2D eigenvalue weighted by molar-refractivity contribution is 6.00. The number of fused-ring (bicyclic) bond motifs is 1. The van der Waals surface area contributed by atoms with Crippen LogP contribution in [-0.4, -0.2) is 16.7 Å². The normalized spacial score (nSPS) is 16.8. The molecule has 0 unspecified atom stereocenters. The highest BCUT2D eigenvalue weighted by Crippen LogP contribution is 2.36. The van der Waals surface area contributed by atoms with Crippen molar-refractivity contribution in [3.63, 3.8) is 0 Å². The molecular weight excluding hydrogens is 402 g/mol. The summed E-state index contributed by atoms with van der Waals surface area (Å²) in [5.41, 5.74) is 10.4. The van der Waals surface area contributed by atoms with E-state index in [9.17, 15) is 0 Å². The Hall–Kier alpha value is -2.16. The molecule has 0 saturated carbocycles. The van der Waals surface area contributed by atoms with Gasteiger partial charge in [-0.1, -0.05) is 59.3 Å². The molecule has 0 amide bonds. The average Bonchev–Trinajstić information content (AvgIpc) is 2.77. The molecule has 0 bridgehead atoms. The lowest BCUT2D eigenvalue weighted by molar-refractivity contribution is 0.424. The topological polar surface area (TPSA) is 37.3 Å². The Morgan fingerprint density at radius 2 is 1.73 bits per heavy atom. The molecule has 0 aromatic carbocycles. The SMILES string of the molecule is CC(C)=C/C(C)=C1/Cc2cc(/C(=C/C(C)(C)C)CC(C)(C)C)nc(NC(C)C)c2CN=C1C. The minimum Gasteiger partial charge on any atom is -0.368 e. The Morgan fingerprint density at radius 1 is 1.09 bits per heavy atom. The van der Waals surface area contributed by atoms with Crippen molar-refractivity contribution in [2.45, 2.75) is 109 Å². The first-order chi connectivity index (χ1) is 15.1. The molecule has 33 heavy (non-hydrogen) atoms. The molecule has 2 heterocycles. The van der Waals surface area contributed by atoms with Gasteiger partial charge in [-0.2, -0.15) is 0 Å². The summed E-state index contributed by atoms with van der Waals surface area (Å²) in [6.07, 6.45) is 6.57. The number of allylic oxidation sites excluding steroid dienone is 6. The van der Waals surface area contributed by atoms with Crippen LogP contribution in [0.2, 0.25) is 0 Å². The molecular formula is C30H47N3. The van der Waals surface area contributed by atoms with Crippen molar-refractivity contribution in [1.29, 1.82) is 0 Å². The number of nitrogens with one attached hydrogen (secondary N) is 1. The second kappa shape index (κ2) is 10.4. The van der Waals surface area contributed by atoms with E-state index < -0.39 is 0 Å². The predicted molar refractivity (Wildman–Crippen MR) is 147 cm³/mol. The molecule has 3 heteroatoms. The summed E-state index contributed by atoms with van der Waals surface area (Å²) in [7, 11) is 0. The number of aliphatic imine (C=N–C) groups is 1. The Kier molecular flexibility index (Phi) is 8.54. The van der Waals surface area contributed by atoms with Crippen molar-refractivity contribution in [3.05, 3.63) is 51.8 Å². The molecule has 1 aliphatic rings. The lowest BCUT2D eigenvalue weighted by Gasteiger charge is -2.25. The molecule has 0 atom stereocenters. The van der Waals surface area contributed by atoms with Crippen molar-refractivity contribution in [2.24, 2.45) is 15.8 Å². The van der Waals surface area contributed by atoms with Crippen molar-refractivity contribution < 1.29 is 0 Å². The van der Waals surface area contributed by atoms with Crippen molar-refractivity contribution >= 4 is 17.1 Å². The van der Waals surface area contributed by atoms with Gasteiger partial charge in [0.2, 0.25) is 0 Å². The molecule has 0 fully saturated rings. The van der Waals surface area contributed by atoms with Gasteiger partial charge < -0.3 is 5.32 Å². The summed E-state index contributed by atoms with van der Waals surface area (Å²) in [5.74, 6) is 0.990. The zero-order valence-electron chi connectivity index (χ0n) is 23.3. The molecule has 0 spiro atoms. The molecule has 1 aromatic heterocycles. The van der Waals surface area contributed by atoms with E-state index in [0.717, 1.165) is 30.1 Å². The highest BCUT2D eigenvalue weighted by atomic mass is 15.0. The fourth-order valence-corrected chi connectivity index (χ4v) is 4.38. The van der Waals surface area contributed by atoms with Gasteiger partial charge >= 0.3 is 0 Å². The van der Waals surface area contributed by atoms with Crippen LogP contribution < -0.4 is 5.32 Å². The van der Waals surface area contributed by atoms with Crippen LogP contribution >= 0.6 is 0 Å². The van der Waals surface area contributed by atoms with Crippen molar-refractivity contribution in [3.8, 4) is 0 Å². The maximum atomic E-state index is 5.20. The van der Waals surface area contributed by atoms with Gasteiger partial charge in [-0.15, -0.1) is 0 Å². The van der Waals surface area contributed by atoms with E-state index in [0.29, 0.717) is 12.6 Å². The first-order valence-corrected chi connectivity index (χ1v) is 12.4. The molecule has 0 saturated heterocycles. The van der Waals surface area contributed by atoms with Gasteiger partial charge in [0.15, 0.2) is 0 Å². The first-order valence-electron chi connectivity index (χ1n) is 12.4. The number of hydrogen-bond acceptors (Lipinski definition) is 3. The zero-order valence-corrected chi connectivity index (χ0v) is 23.3. The third-order valence-electron chi connectivity index (χ3n) is 5.56. The summed E-state index contributed by atoms with van der Waals surface area (Å²) < 4.78 is 0. The van der Waals surface area contributed by atoms with Gasteiger partial charge in [0.1, 0.15) is 5.82 Å². The summed E-state index contributed by atoms with van der Waals surface area (Å²) in [5, 5.41) is 3.64. The number of nitrogens with zero attached hydrogens (tertiary/aromatic N) is 2. The zero-order chi connectivity index (χ0) is 25.1. The Balaban J connectivity index is 2.76. The monoisotopic (exact) mass is 449 g/mol. The van der Waals surface area contributed by atoms with E-state index in [1.165, 1.54) is 33.4 Å². The van der Waals surface area contributed by atoms with Gasteiger partial charge in [0.25, 0.3) is 0 Å². The van der Waals surface area contributed by atoms with Crippen LogP contribution in [0.5, 0.6) is 0 Å². The number of rotatable bonds is 5. The van der Waals surface area contributed by atoms with Crippen LogP contribution in [0.1, 0.15) is 106 Å². The van der Waals surface area contributed by atoms with Gasteiger partial charge in [-0.05, 0) is 87.1 Å². The van der Waals surface area contributed by atoms with Crippen LogP contribution in [0.4, 0.5) is 5.82 Å². The Labute approximate surface area is 203 Å². The average molecular weight is 450 g/mol. The Bertz CT molecular complexity index is 983. The third kappa shape index (κ3) is 8.28. The second-order valence-electron chi connectivity index (χ2n) is 12.5. The van der Waals surface area contributed by atoms with E-state index in [1.54, 1.807) is 0 Å².